The molecule has 0 atom stereocenters. The van der Waals surface area contributed by atoms with Crippen molar-refractivity contribution in [2.75, 3.05) is 26.2 Å². The zero-order valence-corrected chi connectivity index (χ0v) is 37.8. The van der Waals surface area contributed by atoms with Gasteiger partial charge in [-0.3, -0.25) is 9.59 Å². The minimum atomic E-state index is -0.184. The zero-order chi connectivity index (χ0) is 43.7. The number of aromatic nitrogens is 7. The normalized spacial score (nSPS) is 14.9. The molecule has 2 fully saturated rings. The second-order valence-electron chi connectivity index (χ2n) is 16.2. The summed E-state index contributed by atoms with van der Waals surface area (Å²) < 4.78 is 17.7. The Morgan fingerprint density at radius 2 is 1.23 bits per heavy atom. The number of piperidine rings is 2. The summed E-state index contributed by atoms with van der Waals surface area (Å²) in [5, 5.41) is 24.2. The molecule has 15 nitrogen and oxygen atoms in total. The summed E-state index contributed by atoms with van der Waals surface area (Å²) in [6.07, 6.45) is 3.58. The lowest BCUT2D eigenvalue weighted by Gasteiger charge is -2.23. The number of amides is 2. The van der Waals surface area contributed by atoms with Crippen LogP contribution in [0.15, 0.2) is 89.4 Å². The van der Waals surface area contributed by atoms with Crippen LogP contribution >= 0.6 is 27.3 Å². The monoisotopic (exact) mass is 939 g/mol. The van der Waals surface area contributed by atoms with Gasteiger partial charge in [0.1, 0.15) is 18.2 Å². The Morgan fingerprint density at radius 1 is 0.688 bits per heavy atom. The molecule has 64 heavy (non-hydrogen) atoms. The molecule has 2 amide bonds. The van der Waals surface area contributed by atoms with E-state index in [1.54, 1.807) is 46.9 Å². The van der Waals surface area contributed by atoms with Crippen molar-refractivity contribution in [1.29, 1.82) is 0 Å². The Kier molecular flexibility index (Phi) is 11.8. The van der Waals surface area contributed by atoms with Crippen LogP contribution in [0.1, 0.15) is 57.8 Å². The van der Waals surface area contributed by atoms with E-state index in [2.05, 4.69) is 83.8 Å². The predicted octanol–water partition coefficient (Wildman–Crippen LogP) is 7.08. The van der Waals surface area contributed by atoms with E-state index in [0.717, 1.165) is 99.4 Å². The third-order valence-corrected chi connectivity index (χ3v) is 13.7. The highest BCUT2D eigenvalue weighted by molar-refractivity contribution is 9.10. The van der Waals surface area contributed by atoms with Gasteiger partial charge in [-0.1, -0.05) is 52.3 Å². The van der Waals surface area contributed by atoms with Crippen molar-refractivity contribution in [3.8, 4) is 33.5 Å². The number of halogens is 1. The number of nitrogens with zero attached hydrogens (tertiary/aromatic N) is 7. The number of ether oxygens (including phenoxy) is 2. The van der Waals surface area contributed by atoms with Gasteiger partial charge in [0.15, 0.2) is 22.7 Å². The molecule has 0 spiro atoms. The number of thiazole rings is 1. The fourth-order valence-corrected chi connectivity index (χ4v) is 9.78. The third kappa shape index (κ3) is 8.67. The average Bonchev–Trinajstić information content (AvgIpc) is 4.01. The number of aryl methyl sites for hydroxylation is 2. The summed E-state index contributed by atoms with van der Waals surface area (Å²) in [5.74, 6) is 0.512. The van der Waals surface area contributed by atoms with Gasteiger partial charge in [-0.05, 0) is 105 Å². The highest BCUT2D eigenvalue weighted by Crippen LogP contribution is 2.36. The molecule has 7 heterocycles. The molecule has 0 radical (unpaired) electrons. The smallest absolute Gasteiger partial charge is 0.272 e. The first-order chi connectivity index (χ1) is 31.2. The number of fused-ring (bicyclic) bond motifs is 3. The molecular weight excluding hydrogens is 895 g/mol. The van der Waals surface area contributed by atoms with Crippen molar-refractivity contribution in [2.24, 2.45) is 14.1 Å². The van der Waals surface area contributed by atoms with Gasteiger partial charge < -0.3 is 30.7 Å². The summed E-state index contributed by atoms with van der Waals surface area (Å²) >= 11 is 5.35. The molecule has 10 rings (SSSR count). The Bertz CT molecular complexity index is 3040. The standard InChI is InChI=1S/C47H46BrN11O4S/c1-58-43-34(41(56-58)45(60)51-31-15-19-49-20-16-31)9-13-39(54-43)62-25-29-5-3-4-6-33(29)47-53-37-24-28(8-12-38(37)64-47)27-7-11-36(48)30(23-27)26-63-40-14-10-35-42(57-59(2)44(35)55-40)46(61)52-32-17-21-50-22-18-32/h3-14,23-24,31-32,49-50H,15-22,25-26H2,1-2H3,(H,51,60)(H,52,61). The lowest BCUT2D eigenvalue weighted by molar-refractivity contribution is 0.0917. The molecule has 0 bridgehead atoms. The van der Waals surface area contributed by atoms with E-state index in [9.17, 15) is 9.59 Å². The molecule has 0 saturated carbocycles. The molecule has 0 aliphatic carbocycles. The number of pyridine rings is 2. The lowest BCUT2D eigenvalue weighted by Crippen LogP contribution is -2.42. The second-order valence-corrected chi connectivity index (χ2v) is 18.1. The maximum atomic E-state index is 13.2. The van der Waals surface area contributed by atoms with Crippen molar-refractivity contribution in [2.45, 2.75) is 51.0 Å². The highest BCUT2D eigenvalue weighted by atomic mass is 79.9. The number of rotatable bonds is 12. The molecule has 2 saturated heterocycles. The maximum absolute atomic E-state index is 13.2. The van der Waals surface area contributed by atoms with E-state index in [1.165, 1.54) is 0 Å². The molecule has 17 heteroatoms. The second kappa shape index (κ2) is 18.1. The Morgan fingerprint density at radius 3 is 1.84 bits per heavy atom. The van der Waals surface area contributed by atoms with Crippen LogP contribution in [0.3, 0.4) is 0 Å². The SMILES string of the molecule is Cn1nc(C(=O)NC2CCNCC2)c2ccc(OCc3cc(-c4ccc5sc(-c6ccccc6COc6ccc7c(C(=O)NC8CCNCC8)nn(C)c7n6)nc5c4)ccc3Br)nc21. The average molecular weight is 941 g/mol. The molecule has 5 aromatic heterocycles. The molecule has 0 unspecified atom stereocenters. The first-order valence-electron chi connectivity index (χ1n) is 21.5. The van der Waals surface area contributed by atoms with Crippen LogP contribution < -0.4 is 30.7 Å². The first-order valence-corrected chi connectivity index (χ1v) is 23.1. The van der Waals surface area contributed by atoms with Crippen molar-refractivity contribution in [3.63, 3.8) is 0 Å². The number of hydrogen-bond acceptors (Lipinski definition) is 12. The van der Waals surface area contributed by atoms with Gasteiger partial charge in [-0.15, -0.1) is 11.3 Å². The van der Waals surface area contributed by atoms with Crippen LogP contribution in [-0.2, 0) is 27.3 Å². The van der Waals surface area contributed by atoms with E-state index >= 15 is 0 Å². The van der Waals surface area contributed by atoms with Gasteiger partial charge in [0.2, 0.25) is 11.8 Å². The summed E-state index contributed by atoms with van der Waals surface area (Å²) in [5.41, 5.74) is 7.77. The molecule has 8 aromatic rings. The lowest BCUT2D eigenvalue weighted by atomic mass is 10.0. The third-order valence-electron chi connectivity index (χ3n) is 11.9. The van der Waals surface area contributed by atoms with E-state index in [1.807, 2.05) is 36.4 Å². The van der Waals surface area contributed by atoms with Gasteiger partial charge >= 0.3 is 0 Å². The maximum Gasteiger partial charge on any atom is 0.272 e. The quantitative estimate of drug-likeness (QED) is 0.0986. The Balaban J connectivity index is 0.818. The van der Waals surface area contributed by atoms with Gasteiger partial charge in [-0.25, -0.2) is 14.3 Å². The fraction of sp³-hybridized carbons (Fsp3) is 0.298. The fourth-order valence-electron chi connectivity index (χ4n) is 8.41. The minimum Gasteiger partial charge on any atom is -0.473 e. The zero-order valence-electron chi connectivity index (χ0n) is 35.4. The minimum absolute atomic E-state index is 0.132. The first kappa shape index (κ1) is 41.7. The Hall–Kier alpha value is -6.27. The van der Waals surface area contributed by atoms with Crippen LogP contribution in [-0.4, -0.2) is 84.6 Å². The predicted molar refractivity (Wildman–Crippen MR) is 251 cm³/mol. The van der Waals surface area contributed by atoms with Gasteiger partial charge in [0.05, 0.1) is 21.0 Å². The Labute approximate surface area is 381 Å². The van der Waals surface area contributed by atoms with Crippen molar-refractivity contribution in [3.05, 3.63) is 112 Å². The molecule has 4 N–H and O–H groups in total. The van der Waals surface area contributed by atoms with Crippen LogP contribution in [0.2, 0.25) is 0 Å². The van der Waals surface area contributed by atoms with Crippen LogP contribution in [0.5, 0.6) is 11.8 Å². The largest absolute Gasteiger partial charge is 0.473 e. The molecule has 326 valence electrons. The summed E-state index contributed by atoms with van der Waals surface area (Å²) in [6, 6.07) is 28.2. The highest BCUT2D eigenvalue weighted by Gasteiger charge is 2.24. The summed E-state index contributed by atoms with van der Waals surface area (Å²) in [4.78, 5) is 40.9. The molecule has 3 aromatic carbocycles. The van der Waals surface area contributed by atoms with Crippen molar-refractivity contribution < 1.29 is 19.1 Å². The molecule has 2 aliphatic rings. The number of benzene rings is 3. The van der Waals surface area contributed by atoms with E-state index in [0.29, 0.717) is 45.2 Å². The number of carbonyl (C=O) groups is 2. The topological polar surface area (TPSA) is 175 Å². The number of carbonyl (C=O) groups excluding carboxylic acids is 2. The van der Waals surface area contributed by atoms with Crippen molar-refractivity contribution in [1.82, 2.24) is 55.8 Å². The van der Waals surface area contributed by atoms with Gasteiger partial charge in [0.25, 0.3) is 11.8 Å². The molecular formula is C47H46BrN11O4S. The number of hydrogen-bond donors (Lipinski definition) is 4. The van der Waals surface area contributed by atoms with Gasteiger partial charge in [-0.2, -0.15) is 20.2 Å². The van der Waals surface area contributed by atoms with Gasteiger partial charge in [0, 0.05) is 53.9 Å². The summed E-state index contributed by atoms with van der Waals surface area (Å²) in [6.45, 7) is 4.12. The van der Waals surface area contributed by atoms with Crippen molar-refractivity contribution >= 4 is 71.4 Å². The number of nitrogens with one attached hydrogen (secondary N) is 4. The molecule has 2 aliphatic heterocycles. The van der Waals surface area contributed by atoms with E-state index < -0.39 is 0 Å². The van der Waals surface area contributed by atoms with Crippen LogP contribution in [0.25, 0.3) is 54.0 Å². The van der Waals surface area contributed by atoms with E-state index in [-0.39, 0.29) is 37.1 Å². The van der Waals surface area contributed by atoms with Crippen LogP contribution in [0, 0.1) is 0 Å². The summed E-state index contributed by atoms with van der Waals surface area (Å²) in [7, 11) is 3.58. The van der Waals surface area contributed by atoms with E-state index in [4.69, 9.17) is 24.4 Å². The van der Waals surface area contributed by atoms with Crippen LogP contribution in [0.4, 0.5) is 0 Å².